The van der Waals surface area contributed by atoms with Crippen molar-refractivity contribution in [3.63, 3.8) is 0 Å². The molecule has 0 saturated heterocycles. The summed E-state index contributed by atoms with van der Waals surface area (Å²) < 4.78 is 7.00. The van der Waals surface area contributed by atoms with Gasteiger partial charge in [0, 0.05) is 5.02 Å². The van der Waals surface area contributed by atoms with E-state index in [0.29, 0.717) is 16.5 Å². The van der Waals surface area contributed by atoms with Crippen LogP contribution in [0.5, 0.6) is 5.75 Å². The van der Waals surface area contributed by atoms with Crippen molar-refractivity contribution in [2.75, 3.05) is 7.11 Å². The van der Waals surface area contributed by atoms with Crippen molar-refractivity contribution < 1.29 is 9.84 Å². The van der Waals surface area contributed by atoms with E-state index < -0.39 is 0 Å². The molecule has 6 heteroatoms. The average Bonchev–Trinajstić information content (AvgIpc) is 2.82. The molecular weight excluding hydrogens is 266 g/mol. The first-order valence-electron chi connectivity index (χ1n) is 6.09. The lowest BCUT2D eigenvalue weighted by atomic mass is 10.2. The molecule has 0 radical (unpaired) electrons. The van der Waals surface area contributed by atoms with Crippen LogP contribution in [0.3, 0.4) is 0 Å². The Hall–Kier alpha value is -1.59. The maximum absolute atomic E-state index is 9.31. The van der Waals surface area contributed by atoms with Crippen molar-refractivity contribution >= 4 is 11.6 Å². The molecule has 5 nitrogen and oxygen atoms in total. The number of ether oxygens (including phenoxy) is 1. The van der Waals surface area contributed by atoms with Gasteiger partial charge in [0.05, 0.1) is 19.4 Å². The van der Waals surface area contributed by atoms with Crippen molar-refractivity contribution in [1.29, 1.82) is 0 Å². The summed E-state index contributed by atoms with van der Waals surface area (Å²) in [5, 5.41) is 18.0. The maximum Gasteiger partial charge on any atom is 0.144 e. The zero-order chi connectivity index (χ0) is 13.8. The second-order valence-electron chi connectivity index (χ2n) is 4.12. The van der Waals surface area contributed by atoms with Crippen LogP contribution in [0.25, 0.3) is 5.69 Å². The molecule has 102 valence electrons. The van der Waals surface area contributed by atoms with Gasteiger partial charge in [-0.1, -0.05) is 30.2 Å². The van der Waals surface area contributed by atoms with Gasteiger partial charge < -0.3 is 9.84 Å². The standard InChI is InChI=1S/C13H16ClN3O2/c1-3-4-11-10(8-18)15-16-17(11)12-7-9(14)5-6-13(12)19-2/h5-7,18H,3-4,8H2,1-2H3. The minimum Gasteiger partial charge on any atom is -0.494 e. The van der Waals surface area contributed by atoms with E-state index in [2.05, 4.69) is 17.2 Å². The Morgan fingerprint density at radius 3 is 2.84 bits per heavy atom. The summed E-state index contributed by atoms with van der Waals surface area (Å²) in [6.45, 7) is 1.94. The van der Waals surface area contributed by atoms with E-state index in [0.717, 1.165) is 24.2 Å². The van der Waals surface area contributed by atoms with Crippen LogP contribution >= 0.6 is 11.6 Å². The second-order valence-corrected chi connectivity index (χ2v) is 4.56. The Kier molecular flexibility index (Phi) is 4.39. The second kappa shape index (κ2) is 6.04. The van der Waals surface area contributed by atoms with Crippen LogP contribution in [-0.4, -0.2) is 27.2 Å². The fraction of sp³-hybridized carbons (Fsp3) is 0.385. The SMILES string of the molecule is CCCc1c(CO)nnn1-c1cc(Cl)ccc1OC. The lowest BCUT2D eigenvalue weighted by molar-refractivity contribution is 0.275. The first-order valence-corrected chi connectivity index (χ1v) is 6.47. The van der Waals surface area contributed by atoms with E-state index in [1.54, 1.807) is 30.0 Å². The number of hydrogen-bond donors (Lipinski definition) is 1. The molecule has 1 aromatic carbocycles. The number of nitrogens with zero attached hydrogens (tertiary/aromatic N) is 3. The summed E-state index contributed by atoms with van der Waals surface area (Å²) >= 11 is 6.03. The van der Waals surface area contributed by atoms with Gasteiger partial charge in [0.2, 0.25) is 0 Å². The highest BCUT2D eigenvalue weighted by Gasteiger charge is 2.16. The lowest BCUT2D eigenvalue weighted by Crippen LogP contribution is -2.05. The van der Waals surface area contributed by atoms with E-state index in [-0.39, 0.29) is 6.61 Å². The molecule has 1 N–H and O–H groups in total. The quantitative estimate of drug-likeness (QED) is 0.914. The normalized spacial score (nSPS) is 10.7. The monoisotopic (exact) mass is 281 g/mol. The van der Waals surface area contributed by atoms with Gasteiger partial charge in [0.25, 0.3) is 0 Å². The third kappa shape index (κ3) is 2.72. The number of aromatic nitrogens is 3. The van der Waals surface area contributed by atoms with E-state index in [1.165, 1.54) is 0 Å². The zero-order valence-electron chi connectivity index (χ0n) is 10.9. The zero-order valence-corrected chi connectivity index (χ0v) is 11.7. The highest BCUT2D eigenvalue weighted by atomic mass is 35.5. The topological polar surface area (TPSA) is 60.2 Å². The Balaban J connectivity index is 2.57. The number of aliphatic hydroxyl groups excluding tert-OH is 1. The van der Waals surface area contributed by atoms with Gasteiger partial charge in [-0.2, -0.15) is 0 Å². The van der Waals surface area contributed by atoms with Gasteiger partial charge in [-0.3, -0.25) is 0 Å². The van der Waals surface area contributed by atoms with Crippen molar-refractivity contribution in [3.8, 4) is 11.4 Å². The van der Waals surface area contributed by atoms with Gasteiger partial charge in [-0.15, -0.1) is 5.10 Å². The summed E-state index contributed by atoms with van der Waals surface area (Å²) in [6, 6.07) is 5.32. The van der Waals surface area contributed by atoms with Crippen molar-refractivity contribution in [2.24, 2.45) is 0 Å². The van der Waals surface area contributed by atoms with Crippen molar-refractivity contribution in [3.05, 3.63) is 34.6 Å². The molecule has 0 aliphatic heterocycles. The highest BCUT2D eigenvalue weighted by Crippen LogP contribution is 2.27. The number of methoxy groups -OCH3 is 1. The van der Waals surface area contributed by atoms with E-state index in [4.69, 9.17) is 16.3 Å². The number of hydrogen-bond acceptors (Lipinski definition) is 4. The Bertz CT molecular complexity index is 569. The minimum atomic E-state index is -0.127. The fourth-order valence-electron chi connectivity index (χ4n) is 1.96. The molecule has 0 aliphatic rings. The molecule has 2 aromatic rings. The summed E-state index contributed by atoms with van der Waals surface area (Å²) in [7, 11) is 1.59. The highest BCUT2D eigenvalue weighted by molar-refractivity contribution is 6.30. The van der Waals surface area contributed by atoms with Gasteiger partial charge in [-0.05, 0) is 24.6 Å². The molecule has 0 aliphatic carbocycles. The first-order chi connectivity index (χ1) is 9.21. The Morgan fingerprint density at radius 1 is 1.42 bits per heavy atom. The molecule has 19 heavy (non-hydrogen) atoms. The van der Waals surface area contributed by atoms with Crippen LogP contribution in [0.4, 0.5) is 0 Å². The van der Waals surface area contributed by atoms with Gasteiger partial charge in [-0.25, -0.2) is 4.68 Å². The van der Waals surface area contributed by atoms with Crippen LogP contribution in [-0.2, 0) is 13.0 Å². The van der Waals surface area contributed by atoms with Gasteiger partial charge in [0.1, 0.15) is 17.1 Å². The van der Waals surface area contributed by atoms with Gasteiger partial charge in [0.15, 0.2) is 0 Å². The van der Waals surface area contributed by atoms with Crippen LogP contribution in [0, 0.1) is 0 Å². The lowest BCUT2D eigenvalue weighted by Gasteiger charge is -2.11. The van der Waals surface area contributed by atoms with Crippen molar-refractivity contribution in [1.82, 2.24) is 15.0 Å². The van der Waals surface area contributed by atoms with Crippen LogP contribution in [0.1, 0.15) is 24.7 Å². The molecular formula is C13H16ClN3O2. The third-order valence-electron chi connectivity index (χ3n) is 2.85. The maximum atomic E-state index is 9.31. The fourth-order valence-corrected chi connectivity index (χ4v) is 2.13. The number of rotatable bonds is 5. The van der Waals surface area contributed by atoms with Crippen LogP contribution in [0.15, 0.2) is 18.2 Å². The van der Waals surface area contributed by atoms with Crippen molar-refractivity contribution in [2.45, 2.75) is 26.4 Å². The molecule has 0 atom stereocenters. The number of halogens is 1. The molecule has 0 amide bonds. The molecule has 0 spiro atoms. The Morgan fingerprint density at radius 2 is 2.21 bits per heavy atom. The molecule has 1 aromatic heterocycles. The Labute approximate surface area is 116 Å². The largest absolute Gasteiger partial charge is 0.494 e. The summed E-state index contributed by atoms with van der Waals surface area (Å²) in [6.07, 6.45) is 1.71. The van der Waals surface area contributed by atoms with E-state index >= 15 is 0 Å². The summed E-state index contributed by atoms with van der Waals surface area (Å²) in [5.74, 6) is 0.663. The molecule has 1 heterocycles. The molecule has 0 bridgehead atoms. The van der Waals surface area contributed by atoms with E-state index in [1.807, 2.05) is 0 Å². The first kappa shape index (κ1) is 13.8. The van der Waals surface area contributed by atoms with Crippen LogP contribution in [0.2, 0.25) is 5.02 Å². The predicted octanol–water partition coefficient (Wildman–Crippen LogP) is 2.37. The molecule has 0 saturated carbocycles. The molecule has 0 unspecified atom stereocenters. The number of benzene rings is 1. The minimum absolute atomic E-state index is 0.127. The van der Waals surface area contributed by atoms with E-state index in [9.17, 15) is 5.11 Å². The molecule has 2 rings (SSSR count). The molecule has 0 fully saturated rings. The van der Waals surface area contributed by atoms with Crippen LogP contribution < -0.4 is 4.74 Å². The summed E-state index contributed by atoms with van der Waals surface area (Å²) in [4.78, 5) is 0. The average molecular weight is 282 g/mol. The third-order valence-corrected chi connectivity index (χ3v) is 3.08. The smallest absolute Gasteiger partial charge is 0.144 e. The predicted molar refractivity (Wildman–Crippen MR) is 72.8 cm³/mol. The summed E-state index contributed by atoms with van der Waals surface area (Å²) in [5.41, 5.74) is 2.19. The number of aliphatic hydroxyl groups is 1. The van der Waals surface area contributed by atoms with Gasteiger partial charge >= 0.3 is 0 Å².